The summed E-state index contributed by atoms with van der Waals surface area (Å²) in [6.07, 6.45) is 3.30. The number of hydrogen-bond acceptors (Lipinski definition) is 4. The molecule has 15 heavy (non-hydrogen) atoms. The second-order valence-corrected chi connectivity index (χ2v) is 3.22. The summed E-state index contributed by atoms with van der Waals surface area (Å²) in [4.78, 5) is 17.1. The van der Waals surface area contributed by atoms with Crippen molar-refractivity contribution in [1.29, 1.82) is 0 Å². The molecule has 80 valence electrons. The molecular weight excluding hydrogens is 192 g/mol. The number of rotatable bonds is 3. The number of aromatic nitrogens is 1. The maximum atomic E-state index is 11.3. The topological polar surface area (TPSA) is 42.4 Å². The van der Waals surface area contributed by atoms with E-state index in [1.165, 1.54) is 7.11 Å². The fraction of sp³-hybridized carbons (Fsp3) is 0.273. The van der Waals surface area contributed by atoms with Crippen LogP contribution in [0.1, 0.15) is 16.1 Å². The second kappa shape index (κ2) is 4.59. The molecule has 0 spiro atoms. The molecule has 0 saturated heterocycles. The lowest BCUT2D eigenvalue weighted by Gasteiger charge is -2.15. The molecule has 0 aromatic carbocycles. The quantitative estimate of drug-likeness (QED) is 0.704. The van der Waals surface area contributed by atoms with Gasteiger partial charge in [-0.15, -0.1) is 0 Å². The van der Waals surface area contributed by atoms with Gasteiger partial charge in [0.15, 0.2) is 0 Å². The summed E-state index contributed by atoms with van der Waals surface area (Å²) in [5.41, 5.74) is 2.07. The van der Waals surface area contributed by atoms with Gasteiger partial charge in [-0.05, 0) is 6.07 Å². The van der Waals surface area contributed by atoms with Crippen LogP contribution >= 0.6 is 0 Å². The van der Waals surface area contributed by atoms with Gasteiger partial charge in [0.2, 0.25) is 0 Å². The first-order valence-electron chi connectivity index (χ1n) is 4.48. The van der Waals surface area contributed by atoms with E-state index in [-0.39, 0.29) is 0 Å². The molecule has 1 rings (SSSR count). The molecule has 0 bridgehead atoms. The van der Waals surface area contributed by atoms with E-state index in [4.69, 9.17) is 0 Å². The van der Waals surface area contributed by atoms with Gasteiger partial charge in [0, 0.05) is 31.5 Å². The van der Waals surface area contributed by atoms with Gasteiger partial charge in [-0.3, -0.25) is 0 Å². The molecule has 4 heteroatoms. The lowest BCUT2D eigenvalue weighted by Crippen LogP contribution is -2.13. The zero-order valence-electron chi connectivity index (χ0n) is 9.15. The minimum atomic E-state index is -0.436. The number of ether oxygens (including phenoxy) is 1. The highest BCUT2D eigenvalue weighted by molar-refractivity contribution is 5.89. The summed E-state index contributed by atoms with van der Waals surface area (Å²) in [5.74, 6) is -0.436. The monoisotopic (exact) mass is 206 g/mol. The van der Waals surface area contributed by atoms with E-state index in [9.17, 15) is 4.79 Å². The van der Waals surface area contributed by atoms with E-state index in [1.807, 2.05) is 19.0 Å². The van der Waals surface area contributed by atoms with Gasteiger partial charge < -0.3 is 9.64 Å². The molecule has 0 radical (unpaired) electrons. The molecule has 0 aliphatic rings. The van der Waals surface area contributed by atoms with Crippen LogP contribution in [0, 0.1) is 0 Å². The minimum Gasteiger partial charge on any atom is -0.464 e. The van der Waals surface area contributed by atoms with E-state index in [2.05, 4.69) is 16.3 Å². The lowest BCUT2D eigenvalue weighted by molar-refractivity contribution is 0.0594. The first-order valence-corrected chi connectivity index (χ1v) is 4.48. The average molecular weight is 206 g/mol. The third-order valence-corrected chi connectivity index (χ3v) is 2.01. The van der Waals surface area contributed by atoms with Gasteiger partial charge in [-0.1, -0.05) is 12.7 Å². The van der Waals surface area contributed by atoms with Gasteiger partial charge in [-0.2, -0.15) is 0 Å². The Labute approximate surface area is 89.2 Å². The van der Waals surface area contributed by atoms with Gasteiger partial charge in [-0.25, -0.2) is 9.78 Å². The number of carbonyl (C=O) groups excluding carboxylic acids is 1. The van der Waals surface area contributed by atoms with Crippen LogP contribution in [-0.4, -0.2) is 32.2 Å². The molecule has 0 saturated carbocycles. The van der Waals surface area contributed by atoms with E-state index < -0.39 is 5.97 Å². The SMILES string of the molecule is C=Cc1cnc(C(=O)OC)cc1N(C)C. The van der Waals surface area contributed by atoms with Crippen molar-refractivity contribution < 1.29 is 9.53 Å². The molecule has 0 amide bonds. The Kier molecular flexibility index (Phi) is 3.44. The Morgan fingerprint density at radius 1 is 1.60 bits per heavy atom. The lowest BCUT2D eigenvalue weighted by atomic mass is 10.2. The molecule has 4 nitrogen and oxygen atoms in total. The number of methoxy groups -OCH3 is 1. The zero-order valence-corrected chi connectivity index (χ0v) is 9.15. The first kappa shape index (κ1) is 11.2. The number of anilines is 1. The number of esters is 1. The van der Waals surface area contributed by atoms with Crippen molar-refractivity contribution in [2.75, 3.05) is 26.1 Å². The zero-order chi connectivity index (χ0) is 11.4. The molecule has 1 heterocycles. The van der Waals surface area contributed by atoms with Crippen LogP contribution in [-0.2, 0) is 4.74 Å². The predicted molar refractivity (Wildman–Crippen MR) is 60.0 cm³/mol. The van der Waals surface area contributed by atoms with E-state index in [0.717, 1.165) is 11.3 Å². The standard InChI is InChI=1S/C11H14N2O2/c1-5-8-7-12-9(11(14)15-4)6-10(8)13(2)3/h5-7H,1H2,2-4H3. The summed E-state index contributed by atoms with van der Waals surface area (Å²) in [6, 6.07) is 1.68. The molecule has 0 N–H and O–H groups in total. The van der Waals surface area contributed by atoms with Crippen LogP contribution in [0.25, 0.3) is 6.08 Å². The fourth-order valence-electron chi connectivity index (χ4n) is 1.22. The molecule has 0 aliphatic carbocycles. The summed E-state index contributed by atoms with van der Waals surface area (Å²) < 4.78 is 4.60. The van der Waals surface area contributed by atoms with E-state index in [1.54, 1.807) is 18.3 Å². The van der Waals surface area contributed by atoms with Crippen molar-refractivity contribution in [3.05, 3.63) is 30.1 Å². The van der Waals surface area contributed by atoms with Crippen molar-refractivity contribution in [3.63, 3.8) is 0 Å². The number of carbonyl (C=O) groups is 1. The van der Waals surface area contributed by atoms with Gasteiger partial charge >= 0.3 is 5.97 Å². The predicted octanol–water partition coefficient (Wildman–Crippen LogP) is 1.58. The summed E-state index contributed by atoms with van der Waals surface area (Å²) in [7, 11) is 5.12. The molecule has 0 fully saturated rings. The minimum absolute atomic E-state index is 0.298. The third kappa shape index (κ3) is 2.34. The Hall–Kier alpha value is -1.84. The van der Waals surface area contributed by atoms with Crippen LogP contribution in [0.3, 0.4) is 0 Å². The average Bonchev–Trinajstić information content (AvgIpc) is 2.27. The van der Waals surface area contributed by atoms with Crippen LogP contribution in [0.2, 0.25) is 0 Å². The molecule has 1 aromatic rings. The van der Waals surface area contributed by atoms with E-state index >= 15 is 0 Å². The highest BCUT2D eigenvalue weighted by Gasteiger charge is 2.10. The van der Waals surface area contributed by atoms with Crippen molar-refractivity contribution >= 4 is 17.7 Å². The maximum absolute atomic E-state index is 11.3. The Bertz CT molecular complexity index is 386. The van der Waals surface area contributed by atoms with Crippen molar-refractivity contribution in [3.8, 4) is 0 Å². The normalized spacial score (nSPS) is 9.53. The third-order valence-electron chi connectivity index (χ3n) is 2.01. The summed E-state index contributed by atoms with van der Waals surface area (Å²) >= 11 is 0. The molecule has 1 aromatic heterocycles. The van der Waals surface area contributed by atoms with Gasteiger partial charge in [0.05, 0.1) is 7.11 Å². The van der Waals surface area contributed by atoms with Crippen LogP contribution < -0.4 is 4.90 Å². The molecular formula is C11H14N2O2. The van der Waals surface area contributed by atoms with Gasteiger partial charge in [0.1, 0.15) is 5.69 Å². The first-order chi connectivity index (χ1) is 7.10. The summed E-state index contributed by atoms with van der Waals surface area (Å²) in [6.45, 7) is 3.69. The largest absolute Gasteiger partial charge is 0.464 e. The van der Waals surface area contributed by atoms with Crippen LogP contribution in [0.5, 0.6) is 0 Å². The molecule has 0 unspecified atom stereocenters. The second-order valence-electron chi connectivity index (χ2n) is 3.22. The van der Waals surface area contributed by atoms with Crippen LogP contribution in [0.15, 0.2) is 18.8 Å². The fourth-order valence-corrected chi connectivity index (χ4v) is 1.22. The smallest absolute Gasteiger partial charge is 0.356 e. The molecule has 0 atom stereocenters. The Morgan fingerprint density at radius 3 is 2.73 bits per heavy atom. The molecule has 0 aliphatic heterocycles. The number of hydrogen-bond donors (Lipinski definition) is 0. The highest BCUT2D eigenvalue weighted by Crippen LogP contribution is 2.19. The van der Waals surface area contributed by atoms with Crippen molar-refractivity contribution in [1.82, 2.24) is 4.98 Å². The van der Waals surface area contributed by atoms with Crippen molar-refractivity contribution in [2.24, 2.45) is 0 Å². The highest BCUT2D eigenvalue weighted by atomic mass is 16.5. The number of pyridine rings is 1. The Morgan fingerprint density at radius 2 is 2.27 bits per heavy atom. The van der Waals surface area contributed by atoms with E-state index in [0.29, 0.717) is 5.69 Å². The maximum Gasteiger partial charge on any atom is 0.356 e. The van der Waals surface area contributed by atoms with Crippen LogP contribution in [0.4, 0.5) is 5.69 Å². The van der Waals surface area contributed by atoms with Crippen molar-refractivity contribution in [2.45, 2.75) is 0 Å². The number of nitrogens with zero attached hydrogens (tertiary/aromatic N) is 2. The summed E-state index contributed by atoms with van der Waals surface area (Å²) in [5, 5.41) is 0. The Balaban J connectivity index is 3.21. The van der Waals surface area contributed by atoms with Gasteiger partial charge in [0.25, 0.3) is 0 Å².